The maximum atomic E-state index is 9.49. The van der Waals surface area contributed by atoms with Crippen LogP contribution >= 0.6 is 0 Å². The quantitative estimate of drug-likeness (QED) is 0.874. The lowest BCUT2D eigenvalue weighted by Gasteiger charge is -2.44. The highest BCUT2D eigenvalue weighted by atomic mass is 16.5. The zero-order valence-corrected chi connectivity index (χ0v) is 13.6. The van der Waals surface area contributed by atoms with Gasteiger partial charge in [0.05, 0.1) is 18.3 Å². The van der Waals surface area contributed by atoms with Crippen LogP contribution in [-0.2, 0) is 4.74 Å². The number of para-hydroxylation sites is 1. The zero-order chi connectivity index (χ0) is 15.5. The third-order valence-electron chi connectivity index (χ3n) is 3.94. The molecule has 4 nitrogen and oxygen atoms in total. The van der Waals surface area contributed by atoms with Crippen LogP contribution in [-0.4, -0.2) is 43.1 Å². The Morgan fingerprint density at radius 1 is 1.43 bits per heavy atom. The molecule has 2 rings (SSSR count). The Kier molecular flexibility index (Phi) is 5.25. The number of nitrogens with zero attached hydrogens (tertiary/aromatic N) is 1. The van der Waals surface area contributed by atoms with Crippen LogP contribution in [0, 0.1) is 0 Å². The van der Waals surface area contributed by atoms with E-state index in [0.717, 1.165) is 19.6 Å². The predicted octanol–water partition coefficient (Wildman–Crippen LogP) is 2.33. The first-order chi connectivity index (χ1) is 9.96. The van der Waals surface area contributed by atoms with Gasteiger partial charge in [-0.3, -0.25) is 0 Å². The van der Waals surface area contributed by atoms with E-state index in [2.05, 4.69) is 62.2 Å². The molecule has 2 N–H and O–H groups in total. The molecule has 2 unspecified atom stereocenters. The molecule has 21 heavy (non-hydrogen) atoms. The maximum Gasteiger partial charge on any atom is 0.0988 e. The molecule has 4 heteroatoms. The van der Waals surface area contributed by atoms with Gasteiger partial charge in [0.1, 0.15) is 0 Å². The van der Waals surface area contributed by atoms with Crippen LogP contribution in [0.15, 0.2) is 24.3 Å². The van der Waals surface area contributed by atoms with Crippen molar-refractivity contribution in [2.24, 2.45) is 0 Å². The highest BCUT2D eigenvalue weighted by Gasteiger charge is 2.34. The van der Waals surface area contributed by atoms with Crippen molar-refractivity contribution in [2.45, 2.75) is 45.4 Å². The number of rotatable bonds is 5. The lowest BCUT2D eigenvalue weighted by atomic mass is 10.0. The SMILES string of the molecule is CCNC(C)c1ccccc1N1CC(CO)OC(C)(C)C1. The third kappa shape index (κ3) is 3.96. The Bertz CT molecular complexity index is 462. The highest BCUT2D eigenvalue weighted by Crippen LogP contribution is 2.31. The van der Waals surface area contributed by atoms with Gasteiger partial charge in [-0.1, -0.05) is 25.1 Å². The molecule has 0 spiro atoms. The van der Waals surface area contributed by atoms with Crippen molar-refractivity contribution in [3.05, 3.63) is 29.8 Å². The molecule has 1 saturated heterocycles. The summed E-state index contributed by atoms with van der Waals surface area (Å²) in [6.07, 6.45) is -0.128. The van der Waals surface area contributed by atoms with Crippen molar-refractivity contribution in [1.82, 2.24) is 5.32 Å². The van der Waals surface area contributed by atoms with Crippen molar-refractivity contribution in [1.29, 1.82) is 0 Å². The standard InChI is InChI=1S/C17H28N2O2/c1-5-18-13(2)15-8-6-7-9-16(15)19-10-14(11-20)21-17(3,4)12-19/h6-9,13-14,18,20H,5,10-12H2,1-4H3. The third-order valence-corrected chi connectivity index (χ3v) is 3.94. The van der Waals surface area contributed by atoms with Gasteiger partial charge in [0.15, 0.2) is 0 Å². The van der Waals surface area contributed by atoms with Gasteiger partial charge in [-0.05, 0) is 38.9 Å². The Balaban J connectivity index is 2.28. The summed E-state index contributed by atoms with van der Waals surface area (Å²) < 4.78 is 5.92. The molecule has 1 aromatic carbocycles. The average Bonchev–Trinajstić information content (AvgIpc) is 2.45. The summed E-state index contributed by atoms with van der Waals surface area (Å²) in [5.74, 6) is 0. The number of aliphatic hydroxyl groups is 1. The van der Waals surface area contributed by atoms with E-state index in [1.165, 1.54) is 11.3 Å². The first kappa shape index (κ1) is 16.3. The number of hydrogen-bond acceptors (Lipinski definition) is 4. The normalized spacial score (nSPS) is 23.1. The van der Waals surface area contributed by atoms with Gasteiger partial charge in [-0.25, -0.2) is 0 Å². The zero-order valence-electron chi connectivity index (χ0n) is 13.6. The fourth-order valence-corrected chi connectivity index (χ4v) is 3.13. The minimum atomic E-state index is -0.250. The molecule has 0 amide bonds. The maximum absolute atomic E-state index is 9.49. The molecular formula is C17H28N2O2. The monoisotopic (exact) mass is 292 g/mol. The molecule has 0 aliphatic carbocycles. The van der Waals surface area contributed by atoms with Gasteiger partial charge in [0.2, 0.25) is 0 Å². The van der Waals surface area contributed by atoms with Crippen molar-refractivity contribution in [3.63, 3.8) is 0 Å². The van der Waals surface area contributed by atoms with Gasteiger partial charge in [0.25, 0.3) is 0 Å². The number of nitrogens with one attached hydrogen (secondary N) is 1. The van der Waals surface area contributed by atoms with Crippen molar-refractivity contribution in [3.8, 4) is 0 Å². The summed E-state index contributed by atoms with van der Waals surface area (Å²) in [4.78, 5) is 2.34. The first-order valence-electron chi connectivity index (χ1n) is 7.82. The number of aliphatic hydroxyl groups excluding tert-OH is 1. The van der Waals surface area contributed by atoms with Crippen molar-refractivity contribution in [2.75, 3.05) is 31.1 Å². The van der Waals surface area contributed by atoms with Crippen LogP contribution in [0.2, 0.25) is 0 Å². The molecular weight excluding hydrogens is 264 g/mol. The topological polar surface area (TPSA) is 44.7 Å². The van der Waals surface area contributed by atoms with Crippen molar-refractivity contribution < 1.29 is 9.84 Å². The molecule has 0 aromatic heterocycles. The van der Waals surface area contributed by atoms with Crippen LogP contribution in [0.4, 0.5) is 5.69 Å². The largest absolute Gasteiger partial charge is 0.394 e. The Morgan fingerprint density at radius 3 is 2.81 bits per heavy atom. The summed E-state index contributed by atoms with van der Waals surface area (Å²) in [5.41, 5.74) is 2.29. The molecule has 1 heterocycles. The molecule has 0 bridgehead atoms. The lowest BCUT2D eigenvalue weighted by Crippen LogP contribution is -2.54. The van der Waals surface area contributed by atoms with E-state index in [1.54, 1.807) is 0 Å². The van der Waals surface area contributed by atoms with Crippen LogP contribution < -0.4 is 10.2 Å². The Hall–Kier alpha value is -1.10. The van der Waals surface area contributed by atoms with E-state index < -0.39 is 0 Å². The number of ether oxygens (including phenoxy) is 1. The second-order valence-corrected chi connectivity index (χ2v) is 6.40. The molecule has 2 atom stereocenters. The van der Waals surface area contributed by atoms with Crippen LogP contribution in [0.1, 0.15) is 39.3 Å². The predicted molar refractivity (Wildman–Crippen MR) is 86.8 cm³/mol. The average molecular weight is 292 g/mol. The summed E-state index contributed by atoms with van der Waals surface area (Å²) in [6.45, 7) is 11.1. The molecule has 1 aliphatic heterocycles. The van der Waals surface area contributed by atoms with Crippen molar-refractivity contribution >= 4 is 5.69 Å². The summed E-state index contributed by atoms with van der Waals surface area (Å²) in [5, 5.41) is 13.0. The van der Waals surface area contributed by atoms with Gasteiger partial charge in [0, 0.05) is 24.8 Å². The smallest absolute Gasteiger partial charge is 0.0988 e. The second-order valence-electron chi connectivity index (χ2n) is 6.40. The van der Waals surface area contributed by atoms with Gasteiger partial charge >= 0.3 is 0 Å². The van der Waals surface area contributed by atoms with E-state index >= 15 is 0 Å². The van der Waals surface area contributed by atoms with E-state index in [4.69, 9.17) is 4.74 Å². The number of anilines is 1. The molecule has 118 valence electrons. The highest BCUT2D eigenvalue weighted by molar-refractivity contribution is 5.55. The molecule has 1 aromatic rings. The molecule has 0 saturated carbocycles. The van der Waals surface area contributed by atoms with Gasteiger partial charge in [-0.15, -0.1) is 0 Å². The Labute approximate surface area is 128 Å². The molecule has 1 aliphatic rings. The van der Waals surface area contributed by atoms with E-state index in [1.807, 2.05) is 0 Å². The minimum Gasteiger partial charge on any atom is -0.394 e. The fraction of sp³-hybridized carbons (Fsp3) is 0.647. The number of benzene rings is 1. The lowest BCUT2D eigenvalue weighted by molar-refractivity contribution is -0.101. The molecule has 1 fully saturated rings. The summed E-state index contributed by atoms with van der Waals surface area (Å²) >= 11 is 0. The Morgan fingerprint density at radius 2 is 2.14 bits per heavy atom. The fourth-order valence-electron chi connectivity index (χ4n) is 3.13. The van der Waals surface area contributed by atoms with Crippen LogP contribution in [0.25, 0.3) is 0 Å². The first-order valence-corrected chi connectivity index (χ1v) is 7.82. The minimum absolute atomic E-state index is 0.0604. The molecule has 0 radical (unpaired) electrons. The number of hydrogen-bond donors (Lipinski definition) is 2. The van der Waals surface area contributed by atoms with Crippen LogP contribution in [0.5, 0.6) is 0 Å². The van der Waals surface area contributed by atoms with Gasteiger partial charge < -0.3 is 20.1 Å². The summed E-state index contributed by atoms with van der Waals surface area (Å²) in [6, 6.07) is 8.82. The van der Waals surface area contributed by atoms with E-state index in [9.17, 15) is 5.11 Å². The van der Waals surface area contributed by atoms with E-state index in [0.29, 0.717) is 6.04 Å². The second kappa shape index (κ2) is 6.77. The van der Waals surface area contributed by atoms with E-state index in [-0.39, 0.29) is 18.3 Å². The van der Waals surface area contributed by atoms with Crippen LogP contribution in [0.3, 0.4) is 0 Å². The summed E-state index contributed by atoms with van der Waals surface area (Å²) in [7, 11) is 0. The number of morpholine rings is 1. The van der Waals surface area contributed by atoms with Gasteiger partial charge in [-0.2, -0.15) is 0 Å².